The summed E-state index contributed by atoms with van der Waals surface area (Å²) in [6, 6.07) is 2.52. The standard InChI is InChI=1S/C12H21N3O/c1-3-15(4-2)12(16)9-14-11-7-5-6-10(11)8-13/h10-11,14H,3-7,9H2,1-2H3. The Hall–Kier alpha value is -1.08. The highest BCUT2D eigenvalue weighted by molar-refractivity contribution is 5.78. The summed E-state index contributed by atoms with van der Waals surface area (Å²) in [5, 5.41) is 12.1. The number of carbonyl (C=O) groups is 1. The number of likely N-dealkylation sites (N-methyl/N-ethyl adjacent to an activating group) is 1. The number of amides is 1. The number of hydrogen-bond acceptors (Lipinski definition) is 3. The van der Waals surface area contributed by atoms with Crippen LogP contribution in [0.3, 0.4) is 0 Å². The Morgan fingerprint density at radius 3 is 2.69 bits per heavy atom. The molecule has 0 spiro atoms. The smallest absolute Gasteiger partial charge is 0.236 e. The van der Waals surface area contributed by atoms with Crippen LogP contribution in [0.1, 0.15) is 33.1 Å². The van der Waals surface area contributed by atoms with Gasteiger partial charge >= 0.3 is 0 Å². The van der Waals surface area contributed by atoms with Crippen molar-refractivity contribution >= 4 is 5.91 Å². The summed E-state index contributed by atoms with van der Waals surface area (Å²) in [7, 11) is 0. The third-order valence-corrected chi connectivity index (χ3v) is 3.31. The number of carbonyl (C=O) groups excluding carboxylic acids is 1. The number of nitriles is 1. The molecule has 0 bridgehead atoms. The maximum Gasteiger partial charge on any atom is 0.236 e. The van der Waals surface area contributed by atoms with Crippen LogP contribution in [0.25, 0.3) is 0 Å². The van der Waals surface area contributed by atoms with Gasteiger partial charge in [0.05, 0.1) is 18.5 Å². The van der Waals surface area contributed by atoms with E-state index in [2.05, 4.69) is 11.4 Å². The fourth-order valence-corrected chi connectivity index (χ4v) is 2.27. The minimum atomic E-state index is 0.0875. The van der Waals surface area contributed by atoms with Crippen LogP contribution in [0, 0.1) is 17.2 Å². The van der Waals surface area contributed by atoms with Crippen molar-refractivity contribution in [2.45, 2.75) is 39.2 Å². The Labute approximate surface area is 97.6 Å². The minimum absolute atomic E-state index is 0.0875. The first kappa shape index (κ1) is 13.0. The summed E-state index contributed by atoms with van der Waals surface area (Å²) in [6.07, 6.45) is 3.08. The zero-order chi connectivity index (χ0) is 12.0. The second kappa shape index (κ2) is 6.49. The Morgan fingerprint density at radius 2 is 2.12 bits per heavy atom. The van der Waals surface area contributed by atoms with Gasteiger partial charge in [-0.05, 0) is 26.7 Å². The molecule has 4 nitrogen and oxygen atoms in total. The molecule has 1 aliphatic carbocycles. The van der Waals surface area contributed by atoms with Crippen molar-refractivity contribution < 1.29 is 4.79 Å². The van der Waals surface area contributed by atoms with Crippen molar-refractivity contribution in [3.63, 3.8) is 0 Å². The van der Waals surface area contributed by atoms with Gasteiger partial charge in [-0.3, -0.25) is 4.79 Å². The van der Waals surface area contributed by atoms with E-state index >= 15 is 0 Å². The number of nitrogens with one attached hydrogen (secondary N) is 1. The summed E-state index contributed by atoms with van der Waals surface area (Å²) in [5.41, 5.74) is 0. The van der Waals surface area contributed by atoms with Gasteiger partial charge in [-0.2, -0.15) is 5.26 Å². The zero-order valence-electron chi connectivity index (χ0n) is 10.2. The van der Waals surface area contributed by atoms with Gasteiger partial charge in [0.15, 0.2) is 0 Å². The first-order valence-corrected chi connectivity index (χ1v) is 6.13. The maximum atomic E-state index is 11.7. The molecule has 2 atom stereocenters. The molecule has 0 aromatic heterocycles. The molecule has 1 aliphatic rings. The second-order valence-electron chi connectivity index (χ2n) is 4.22. The van der Waals surface area contributed by atoms with Crippen molar-refractivity contribution in [3.05, 3.63) is 0 Å². The lowest BCUT2D eigenvalue weighted by Crippen LogP contribution is -2.42. The summed E-state index contributed by atoms with van der Waals surface area (Å²) < 4.78 is 0. The average Bonchev–Trinajstić information content (AvgIpc) is 2.75. The third kappa shape index (κ3) is 3.21. The molecule has 1 N–H and O–H groups in total. The van der Waals surface area contributed by atoms with Gasteiger partial charge < -0.3 is 10.2 Å². The predicted molar refractivity (Wildman–Crippen MR) is 62.7 cm³/mol. The molecule has 1 saturated carbocycles. The van der Waals surface area contributed by atoms with Gasteiger partial charge in [-0.15, -0.1) is 0 Å². The van der Waals surface area contributed by atoms with Crippen LogP contribution in [0.15, 0.2) is 0 Å². The molecule has 1 rings (SSSR count). The Balaban J connectivity index is 2.34. The van der Waals surface area contributed by atoms with Crippen LogP contribution in [0.4, 0.5) is 0 Å². The highest BCUT2D eigenvalue weighted by Crippen LogP contribution is 2.24. The molecule has 0 aromatic carbocycles. The van der Waals surface area contributed by atoms with Crippen LogP contribution in [-0.2, 0) is 4.79 Å². The van der Waals surface area contributed by atoms with E-state index in [-0.39, 0.29) is 17.9 Å². The Kier molecular flexibility index (Phi) is 5.27. The molecule has 1 fully saturated rings. The molecule has 0 heterocycles. The van der Waals surface area contributed by atoms with E-state index < -0.39 is 0 Å². The van der Waals surface area contributed by atoms with Crippen molar-refractivity contribution in [2.24, 2.45) is 5.92 Å². The summed E-state index contributed by atoms with van der Waals surface area (Å²) >= 11 is 0. The zero-order valence-corrected chi connectivity index (χ0v) is 10.2. The number of rotatable bonds is 5. The largest absolute Gasteiger partial charge is 0.342 e. The van der Waals surface area contributed by atoms with Crippen LogP contribution in [0.5, 0.6) is 0 Å². The van der Waals surface area contributed by atoms with Crippen molar-refractivity contribution in [1.82, 2.24) is 10.2 Å². The molecule has 0 radical (unpaired) electrons. The number of nitrogens with zero attached hydrogens (tertiary/aromatic N) is 2. The first-order chi connectivity index (χ1) is 7.72. The van der Waals surface area contributed by atoms with E-state index in [1.165, 1.54) is 0 Å². The normalized spacial score (nSPS) is 24.1. The van der Waals surface area contributed by atoms with Gasteiger partial charge in [0, 0.05) is 19.1 Å². The lowest BCUT2D eigenvalue weighted by Gasteiger charge is -2.21. The monoisotopic (exact) mass is 223 g/mol. The lowest BCUT2D eigenvalue weighted by molar-refractivity contribution is -0.130. The molecule has 2 unspecified atom stereocenters. The van der Waals surface area contributed by atoms with E-state index in [1.54, 1.807) is 0 Å². The molecule has 90 valence electrons. The van der Waals surface area contributed by atoms with E-state index in [9.17, 15) is 4.79 Å². The van der Waals surface area contributed by atoms with Crippen LogP contribution in [-0.4, -0.2) is 36.5 Å². The molecule has 1 amide bonds. The lowest BCUT2D eigenvalue weighted by atomic mass is 10.1. The summed E-state index contributed by atoms with van der Waals surface area (Å²) in [6.45, 7) is 5.83. The molecule has 4 heteroatoms. The fraction of sp³-hybridized carbons (Fsp3) is 0.833. The van der Waals surface area contributed by atoms with Gasteiger partial charge in [0.2, 0.25) is 5.91 Å². The van der Waals surface area contributed by atoms with Gasteiger partial charge in [-0.25, -0.2) is 0 Å². The molecule has 0 saturated heterocycles. The highest BCUT2D eigenvalue weighted by atomic mass is 16.2. The highest BCUT2D eigenvalue weighted by Gasteiger charge is 2.27. The number of hydrogen-bond donors (Lipinski definition) is 1. The van der Waals surface area contributed by atoms with Crippen molar-refractivity contribution in [2.75, 3.05) is 19.6 Å². The quantitative estimate of drug-likeness (QED) is 0.760. The first-order valence-electron chi connectivity index (χ1n) is 6.13. The van der Waals surface area contributed by atoms with E-state index in [0.29, 0.717) is 6.54 Å². The SMILES string of the molecule is CCN(CC)C(=O)CNC1CCCC1C#N. The fourth-order valence-electron chi connectivity index (χ4n) is 2.27. The Morgan fingerprint density at radius 1 is 1.44 bits per heavy atom. The molecular weight excluding hydrogens is 202 g/mol. The summed E-state index contributed by atoms with van der Waals surface area (Å²) in [4.78, 5) is 13.5. The van der Waals surface area contributed by atoms with Crippen molar-refractivity contribution in [3.8, 4) is 6.07 Å². The maximum absolute atomic E-state index is 11.7. The third-order valence-electron chi connectivity index (χ3n) is 3.31. The van der Waals surface area contributed by atoms with Crippen LogP contribution >= 0.6 is 0 Å². The molecule has 0 aromatic rings. The molecule has 0 aliphatic heterocycles. The van der Waals surface area contributed by atoms with Gasteiger partial charge in [0.1, 0.15) is 0 Å². The van der Waals surface area contributed by atoms with E-state index in [4.69, 9.17) is 5.26 Å². The van der Waals surface area contributed by atoms with E-state index in [1.807, 2.05) is 18.7 Å². The van der Waals surface area contributed by atoms with Crippen molar-refractivity contribution in [1.29, 1.82) is 5.26 Å². The topological polar surface area (TPSA) is 56.1 Å². The van der Waals surface area contributed by atoms with Gasteiger partial charge in [0.25, 0.3) is 0 Å². The minimum Gasteiger partial charge on any atom is -0.342 e. The van der Waals surface area contributed by atoms with Gasteiger partial charge in [-0.1, -0.05) is 6.42 Å². The van der Waals surface area contributed by atoms with Crippen LogP contribution < -0.4 is 5.32 Å². The predicted octanol–water partition coefficient (Wildman–Crippen LogP) is 1.14. The molecular formula is C12H21N3O. The molecule has 16 heavy (non-hydrogen) atoms. The van der Waals surface area contributed by atoms with E-state index in [0.717, 1.165) is 32.4 Å². The second-order valence-corrected chi connectivity index (χ2v) is 4.22. The average molecular weight is 223 g/mol. The van der Waals surface area contributed by atoms with Crippen LogP contribution in [0.2, 0.25) is 0 Å². The summed E-state index contributed by atoms with van der Waals surface area (Å²) in [5.74, 6) is 0.220. The Bertz CT molecular complexity index is 268.